The molecule has 4 heteroatoms. The van der Waals surface area contributed by atoms with Crippen molar-refractivity contribution in [2.24, 2.45) is 0 Å². The predicted molar refractivity (Wildman–Crippen MR) is 68.1 cm³/mol. The second-order valence-electron chi connectivity index (χ2n) is 4.58. The lowest BCUT2D eigenvalue weighted by Crippen LogP contribution is -2.52. The van der Waals surface area contributed by atoms with Crippen LogP contribution in [-0.4, -0.2) is 31.8 Å². The number of benzene rings is 1. The van der Waals surface area contributed by atoms with Crippen LogP contribution in [0.5, 0.6) is 0 Å². The van der Waals surface area contributed by atoms with E-state index in [-0.39, 0.29) is 5.97 Å². The van der Waals surface area contributed by atoms with Gasteiger partial charge in [0.1, 0.15) is 5.54 Å². The molecule has 1 atom stereocenters. The van der Waals surface area contributed by atoms with Gasteiger partial charge in [0.05, 0.1) is 20.3 Å². The van der Waals surface area contributed by atoms with Gasteiger partial charge in [-0.1, -0.05) is 30.3 Å². The highest BCUT2D eigenvalue weighted by Gasteiger charge is 2.42. The van der Waals surface area contributed by atoms with Gasteiger partial charge in [0, 0.05) is 0 Å². The van der Waals surface area contributed by atoms with Gasteiger partial charge in [-0.05, 0) is 24.9 Å². The Morgan fingerprint density at radius 3 is 2.78 bits per heavy atom. The second-order valence-corrected chi connectivity index (χ2v) is 4.58. The fourth-order valence-electron chi connectivity index (χ4n) is 2.28. The largest absolute Gasteiger partial charge is 0.468 e. The third-order valence-electron chi connectivity index (χ3n) is 3.28. The van der Waals surface area contributed by atoms with Crippen LogP contribution in [0.2, 0.25) is 0 Å². The molecule has 2 rings (SSSR count). The van der Waals surface area contributed by atoms with Crippen LogP contribution in [0.3, 0.4) is 0 Å². The third-order valence-corrected chi connectivity index (χ3v) is 3.28. The van der Waals surface area contributed by atoms with Crippen molar-refractivity contribution in [1.29, 1.82) is 0 Å². The van der Waals surface area contributed by atoms with Crippen molar-refractivity contribution >= 4 is 5.97 Å². The van der Waals surface area contributed by atoms with Gasteiger partial charge in [-0.3, -0.25) is 5.32 Å². The first-order chi connectivity index (χ1) is 8.77. The quantitative estimate of drug-likeness (QED) is 0.803. The summed E-state index contributed by atoms with van der Waals surface area (Å²) in [5.41, 5.74) is 0.458. The average Bonchev–Trinajstić information content (AvgIpc) is 2.89. The molecule has 18 heavy (non-hydrogen) atoms. The number of carbonyl (C=O) groups is 1. The lowest BCUT2D eigenvalue weighted by Gasteiger charge is -2.26. The van der Waals surface area contributed by atoms with Crippen molar-refractivity contribution in [3.8, 4) is 0 Å². The lowest BCUT2D eigenvalue weighted by atomic mass is 9.99. The molecule has 0 unspecified atom stereocenters. The molecule has 1 aliphatic heterocycles. The maximum absolute atomic E-state index is 11.8. The van der Waals surface area contributed by atoms with Crippen molar-refractivity contribution in [3.05, 3.63) is 35.9 Å². The molecule has 0 aliphatic carbocycles. The first kappa shape index (κ1) is 13.1. The molecule has 98 valence electrons. The highest BCUT2D eigenvalue weighted by Crippen LogP contribution is 2.21. The van der Waals surface area contributed by atoms with Crippen molar-refractivity contribution < 1.29 is 14.3 Å². The van der Waals surface area contributed by atoms with E-state index in [1.807, 2.05) is 30.3 Å². The van der Waals surface area contributed by atoms with E-state index in [0.29, 0.717) is 13.2 Å². The molecule has 1 saturated heterocycles. The number of esters is 1. The monoisotopic (exact) mass is 249 g/mol. The first-order valence-electron chi connectivity index (χ1n) is 6.22. The number of hydrogen-bond acceptors (Lipinski definition) is 4. The summed E-state index contributed by atoms with van der Waals surface area (Å²) in [6, 6.07) is 9.93. The van der Waals surface area contributed by atoms with Gasteiger partial charge in [-0.25, -0.2) is 4.79 Å². The summed E-state index contributed by atoms with van der Waals surface area (Å²) < 4.78 is 10.5. The summed E-state index contributed by atoms with van der Waals surface area (Å²) in [6.45, 7) is 1.71. The van der Waals surface area contributed by atoms with Gasteiger partial charge < -0.3 is 9.47 Å². The highest BCUT2D eigenvalue weighted by molar-refractivity contribution is 5.81. The maximum atomic E-state index is 11.8. The molecule has 1 N–H and O–H groups in total. The molecule has 1 aromatic rings. The summed E-state index contributed by atoms with van der Waals surface area (Å²) in [5.74, 6) is -0.229. The number of ether oxygens (including phenoxy) is 2. The summed E-state index contributed by atoms with van der Waals surface area (Å²) in [4.78, 5) is 11.8. The molecule has 0 amide bonds. The van der Waals surface area contributed by atoms with E-state index < -0.39 is 5.54 Å². The first-order valence-corrected chi connectivity index (χ1v) is 6.22. The van der Waals surface area contributed by atoms with Crippen LogP contribution < -0.4 is 5.32 Å². The molecular weight excluding hydrogens is 230 g/mol. The molecule has 0 spiro atoms. The Morgan fingerprint density at radius 1 is 1.39 bits per heavy atom. The zero-order valence-corrected chi connectivity index (χ0v) is 10.6. The van der Waals surface area contributed by atoms with Crippen molar-refractivity contribution in [3.63, 3.8) is 0 Å². The predicted octanol–water partition coefficient (Wildman–Crippen LogP) is 1.50. The molecule has 0 saturated carbocycles. The van der Waals surface area contributed by atoms with E-state index in [0.717, 1.165) is 24.9 Å². The van der Waals surface area contributed by atoms with E-state index in [1.165, 1.54) is 7.11 Å². The summed E-state index contributed by atoms with van der Waals surface area (Å²) in [6.07, 6.45) is 1.75. The number of nitrogens with one attached hydrogen (secondary N) is 1. The van der Waals surface area contributed by atoms with Crippen LogP contribution in [-0.2, 0) is 20.9 Å². The fraction of sp³-hybridized carbons (Fsp3) is 0.500. The van der Waals surface area contributed by atoms with Gasteiger partial charge >= 0.3 is 5.97 Å². The molecule has 1 fully saturated rings. The Labute approximate surface area is 107 Å². The molecule has 1 heterocycles. The van der Waals surface area contributed by atoms with Crippen LogP contribution in [0.15, 0.2) is 30.3 Å². The van der Waals surface area contributed by atoms with Crippen molar-refractivity contribution in [2.75, 3.05) is 20.3 Å². The number of hydrogen-bond donors (Lipinski definition) is 1. The minimum Gasteiger partial charge on any atom is -0.468 e. The normalized spacial score (nSPS) is 22.9. The van der Waals surface area contributed by atoms with Crippen molar-refractivity contribution in [2.45, 2.75) is 25.0 Å². The summed E-state index contributed by atoms with van der Waals surface area (Å²) in [5, 5.41) is 3.21. The average molecular weight is 249 g/mol. The second kappa shape index (κ2) is 5.98. The molecule has 0 radical (unpaired) electrons. The van der Waals surface area contributed by atoms with E-state index in [2.05, 4.69) is 5.32 Å². The maximum Gasteiger partial charge on any atom is 0.328 e. The summed E-state index contributed by atoms with van der Waals surface area (Å²) >= 11 is 0. The minimum atomic E-state index is -0.649. The van der Waals surface area contributed by atoms with Crippen LogP contribution in [0, 0.1) is 0 Å². The highest BCUT2D eigenvalue weighted by atomic mass is 16.5. The Bertz CT molecular complexity index is 385. The molecular formula is C14H19NO3. The zero-order valence-electron chi connectivity index (χ0n) is 10.6. The minimum absolute atomic E-state index is 0.229. The van der Waals surface area contributed by atoms with Crippen LogP contribution >= 0.6 is 0 Å². The molecule has 0 aromatic heterocycles. The van der Waals surface area contributed by atoms with Crippen molar-refractivity contribution in [1.82, 2.24) is 5.32 Å². The van der Waals surface area contributed by atoms with Gasteiger partial charge in [0.25, 0.3) is 0 Å². The molecule has 1 aliphatic rings. The number of rotatable bonds is 5. The standard InChI is InChI=1S/C14H19NO3/c1-17-13(16)14(8-5-9-15-14)11-18-10-12-6-3-2-4-7-12/h2-4,6-7,15H,5,8-11H2,1H3/t14-/m0/s1. The summed E-state index contributed by atoms with van der Waals surface area (Å²) in [7, 11) is 1.42. The van der Waals surface area contributed by atoms with E-state index in [4.69, 9.17) is 9.47 Å². The van der Waals surface area contributed by atoms with Gasteiger partial charge in [-0.15, -0.1) is 0 Å². The van der Waals surface area contributed by atoms with E-state index in [9.17, 15) is 4.79 Å². The fourth-order valence-corrected chi connectivity index (χ4v) is 2.28. The Kier molecular flexibility index (Phi) is 4.33. The van der Waals surface area contributed by atoms with Gasteiger partial charge in [0.15, 0.2) is 0 Å². The van der Waals surface area contributed by atoms with Crippen LogP contribution in [0.1, 0.15) is 18.4 Å². The third kappa shape index (κ3) is 2.89. The lowest BCUT2D eigenvalue weighted by molar-refractivity contribution is -0.151. The van der Waals surface area contributed by atoms with Gasteiger partial charge in [0.2, 0.25) is 0 Å². The number of methoxy groups -OCH3 is 1. The molecule has 1 aromatic carbocycles. The smallest absolute Gasteiger partial charge is 0.328 e. The molecule has 0 bridgehead atoms. The molecule has 4 nitrogen and oxygen atoms in total. The van der Waals surface area contributed by atoms with E-state index in [1.54, 1.807) is 0 Å². The SMILES string of the molecule is COC(=O)[C@@]1(COCc2ccccc2)CCCN1. The van der Waals surface area contributed by atoms with Crippen LogP contribution in [0.25, 0.3) is 0 Å². The van der Waals surface area contributed by atoms with Crippen LogP contribution in [0.4, 0.5) is 0 Å². The Morgan fingerprint density at radius 2 is 2.17 bits per heavy atom. The van der Waals surface area contributed by atoms with E-state index >= 15 is 0 Å². The number of carbonyl (C=O) groups excluding carboxylic acids is 1. The Balaban J connectivity index is 1.89. The van der Waals surface area contributed by atoms with Gasteiger partial charge in [-0.2, -0.15) is 0 Å². The zero-order chi connectivity index (χ0) is 12.8. The Hall–Kier alpha value is -1.39. The topological polar surface area (TPSA) is 47.6 Å².